The highest BCUT2D eigenvalue weighted by Gasteiger charge is 2.57. The molecule has 3 unspecified atom stereocenters. The van der Waals surface area contributed by atoms with Gasteiger partial charge in [0.25, 0.3) is 0 Å². The molecule has 1 aliphatic heterocycles. The Bertz CT molecular complexity index is 1060. The van der Waals surface area contributed by atoms with Crippen LogP contribution in [0.3, 0.4) is 0 Å². The van der Waals surface area contributed by atoms with Crippen LogP contribution in [0.25, 0.3) is 0 Å². The monoisotopic (exact) mass is 478 g/mol. The Morgan fingerprint density at radius 2 is 2.00 bits per heavy atom. The molecule has 0 radical (unpaired) electrons. The number of likely N-dealkylation sites (tertiary alicyclic amines) is 1. The highest BCUT2D eigenvalue weighted by Crippen LogP contribution is 2.52. The van der Waals surface area contributed by atoms with Crippen LogP contribution < -0.4 is 10.1 Å². The first-order chi connectivity index (χ1) is 16.8. The third-order valence-corrected chi connectivity index (χ3v) is 7.30. The number of carbonyl (C=O) groups is 2. The molecule has 7 heteroatoms. The van der Waals surface area contributed by atoms with Crippen LogP contribution in [0.4, 0.5) is 4.79 Å². The quantitative estimate of drug-likeness (QED) is 0.356. The van der Waals surface area contributed by atoms with Crippen LogP contribution in [0, 0.1) is 0 Å². The Labute approximate surface area is 206 Å². The first kappa shape index (κ1) is 24.9. The van der Waals surface area contributed by atoms with Crippen LogP contribution in [0.2, 0.25) is 0 Å². The second-order valence-corrected chi connectivity index (χ2v) is 9.65. The predicted octanol–water partition coefficient (Wildman–Crippen LogP) is 3.95. The summed E-state index contributed by atoms with van der Waals surface area (Å²) >= 11 is 0. The first-order valence-electron chi connectivity index (χ1n) is 12.2. The summed E-state index contributed by atoms with van der Waals surface area (Å²) in [5.74, 6) is 0.0673. The second kappa shape index (κ2) is 10.6. The van der Waals surface area contributed by atoms with Gasteiger partial charge >= 0.3 is 12.1 Å². The summed E-state index contributed by atoms with van der Waals surface area (Å²) in [4.78, 5) is 26.4. The van der Waals surface area contributed by atoms with E-state index in [4.69, 9.17) is 9.47 Å². The number of carbonyl (C=O) groups excluding carboxylic acids is 2. The van der Waals surface area contributed by atoms with E-state index in [1.165, 1.54) is 6.92 Å². The van der Waals surface area contributed by atoms with E-state index in [2.05, 4.69) is 16.8 Å². The molecule has 0 bridgehead atoms. The van der Waals surface area contributed by atoms with E-state index in [-0.39, 0.29) is 18.6 Å². The number of nitrogens with one attached hydrogen (secondary N) is 1. The van der Waals surface area contributed by atoms with E-state index in [9.17, 15) is 14.7 Å². The number of esters is 1. The molecule has 4 rings (SSSR count). The van der Waals surface area contributed by atoms with Gasteiger partial charge in [-0.05, 0) is 55.5 Å². The Morgan fingerprint density at radius 1 is 1.20 bits per heavy atom. The molecule has 2 fully saturated rings. The highest BCUT2D eigenvalue weighted by molar-refractivity contribution is 5.69. The summed E-state index contributed by atoms with van der Waals surface area (Å²) in [6.45, 7) is 7.44. The Morgan fingerprint density at radius 3 is 2.74 bits per heavy atom. The number of fused-ring (bicyclic) bond motifs is 1. The number of ether oxygens (including phenoxy) is 2. The lowest BCUT2D eigenvalue weighted by Crippen LogP contribution is -2.67. The van der Waals surface area contributed by atoms with Crippen molar-refractivity contribution in [2.75, 3.05) is 19.6 Å². The van der Waals surface area contributed by atoms with Gasteiger partial charge in [0.2, 0.25) is 0 Å². The Balaban J connectivity index is 1.55. The average molecular weight is 479 g/mol. The van der Waals surface area contributed by atoms with E-state index in [1.54, 1.807) is 6.07 Å². The minimum Gasteiger partial charge on any atom is -0.445 e. The van der Waals surface area contributed by atoms with Crippen LogP contribution >= 0.6 is 0 Å². The average Bonchev–Trinajstić information content (AvgIpc) is 2.83. The number of hydrogen-bond donors (Lipinski definition) is 2. The zero-order valence-electron chi connectivity index (χ0n) is 20.2. The smallest absolute Gasteiger partial charge is 0.407 e. The minimum absolute atomic E-state index is 0.151. The van der Waals surface area contributed by atoms with Crippen LogP contribution in [0.5, 0.6) is 5.75 Å². The zero-order valence-corrected chi connectivity index (χ0v) is 20.2. The third-order valence-electron chi connectivity index (χ3n) is 7.30. The van der Waals surface area contributed by atoms with Crippen LogP contribution in [0.15, 0.2) is 67.3 Å². The van der Waals surface area contributed by atoms with Gasteiger partial charge in [0.05, 0.1) is 5.60 Å². The van der Waals surface area contributed by atoms with E-state index in [1.807, 2.05) is 54.6 Å². The lowest BCUT2D eigenvalue weighted by Gasteiger charge is -2.58. The zero-order chi connectivity index (χ0) is 24.9. The molecule has 1 heterocycles. The molecule has 1 saturated heterocycles. The minimum atomic E-state index is -0.991. The van der Waals surface area contributed by atoms with Gasteiger partial charge in [-0.1, -0.05) is 48.5 Å². The summed E-state index contributed by atoms with van der Waals surface area (Å²) in [5.41, 5.74) is 0.251. The van der Waals surface area contributed by atoms with Crippen molar-refractivity contribution in [3.8, 4) is 5.75 Å². The van der Waals surface area contributed by atoms with Crippen molar-refractivity contribution in [1.29, 1.82) is 0 Å². The summed E-state index contributed by atoms with van der Waals surface area (Å²) in [5, 5.41) is 15.1. The molecule has 0 aromatic heterocycles. The van der Waals surface area contributed by atoms with E-state index in [0.717, 1.165) is 17.7 Å². The number of piperidine rings is 1. The number of alkyl carbamates (subject to hydrolysis) is 1. The molecule has 1 aliphatic carbocycles. The predicted molar refractivity (Wildman–Crippen MR) is 133 cm³/mol. The fourth-order valence-electron chi connectivity index (χ4n) is 5.68. The van der Waals surface area contributed by atoms with Gasteiger partial charge in [0, 0.05) is 31.5 Å². The first-order valence-corrected chi connectivity index (χ1v) is 12.2. The van der Waals surface area contributed by atoms with Crippen LogP contribution in [0.1, 0.15) is 43.7 Å². The molecule has 2 aromatic carbocycles. The van der Waals surface area contributed by atoms with Crippen LogP contribution in [-0.2, 0) is 21.6 Å². The lowest BCUT2D eigenvalue weighted by atomic mass is 9.55. The molecular formula is C28H34N2O5. The van der Waals surface area contributed by atoms with Crippen molar-refractivity contribution < 1.29 is 24.2 Å². The number of nitrogens with zero attached hydrogens (tertiary/aromatic N) is 1. The van der Waals surface area contributed by atoms with Crippen molar-refractivity contribution in [2.45, 2.75) is 56.3 Å². The maximum Gasteiger partial charge on any atom is 0.407 e. The van der Waals surface area contributed by atoms with Gasteiger partial charge < -0.3 is 19.9 Å². The maximum atomic E-state index is 12.6. The topological polar surface area (TPSA) is 88.1 Å². The molecule has 2 N–H and O–H groups in total. The van der Waals surface area contributed by atoms with Gasteiger partial charge in [-0.25, -0.2) is 4.79 Å². The van der Waals surface area contributed by atoms with Crippen molar-refractivity contribution in [3.63, 3.8) is 0 Å². The number of benzene rings is 2. The fraction of sp³-hybridized carbons (Fsp3) is 0.429. The van der Waals surface area contributed by atoms with Gasteiger partial charge in [0.1, 0.15) is 12.4 Å². The molecular weight excluding hydrogens is 444 g/mol. The van der Waals surface area contributed by atoms with Crippen molar-refractivity contribution in [2.24, 2.45) is 0 Å². The Kier molecular flexibility index (Phi) is 7.57. The third kappa shape index (κ3) is 5.57. The fourth-order valence-corrected chi connectivity index (χ4v) is 5.68. The largest absolute Gasteiger partial charge is 0.445 e. The number of β-amino-alcohol motifs (C(OH)–C–C–N with tert-alkyl or cyclic N) is 1. The molecule has 0 spiro atoms. The van der Waals surface area contributed by atoms with E-state index in [0.29, 0.717) is 44.5 Å². The Hall–Kier alpha value is -3.16. The molecule has 3 atom stereocenters. The summed E-state index contributed by atoms with van der Waals surface area (Å²) in [6.07, 6.45) is 3.84. The summed E-state index contributed by atoms with van der Waals surface area (Å²) in [6, 6.07) is 16.8. The lowest BCUT2D eigenvalue weighted by molar-refractivity contribution is -0.131. The van der Waals surface area contributed by atoms with E-state index < -0.39 is 17.1 Å². The standard InChI is InChI=1S/C28H34N2O5/c1-3-15-30-16-14-27(23-10-7-11-25(17-23)35-21(2)31)18-24(12-13-28(27,33)20-30)29-26(32)34-19-22-8-5-4-6-9-22/h3-11,17,24,33H,1,12-16,18-20H2,2H3,(H,29,32). The van der Waals surface area contributed by atoms with Gasteiger partial charge in [-0.15, -0.1) is 6.58 Å². The molecule has 1 saturated carbocycles. The van der Waals surface area contributed by atoms with Crippen molar-refractivity contribution >= 4 is 12.1 Å². The van der Waals surface area contributed by atoms with Gasteiger partial charge in [-0.2, -0.15) is 0 Å². The molecule has 186 valence electrons. The molecule has 1 amide bonds. The molecule has 2 aliphatic rings. The number of amides is 1. The maximum absolute atomic E-state index is 12.6. The molecule has 35 heavy (non-hydrogen) atoms. The van der Waals surface area contributed by atoms with Crippen molar-refractivity contribution in [1.82, 2.24) is 10.2 Å². The highest BCUT2D eigenvalue weighted by atomic mass is 16.5. The number of hydrogen-bond acceptors (Lipinski definition) is 6. The van der Waals surface area contributed by atoms with Crippen LogP contribution in [-0.4, -0.2) is 53.3 Å². The van der Waals surface area contributed by atoms with E-state index >= 15 is 0 Å². The molecule has 2 aromatic rings. The normalized spacial score (nSPS) is 26.3. The summed E-state index contributed by atoms with van der Waals surface area (Å²) in [7, 11) is 0. The SMILES string of the molecule is C=CCN1CCC2(c3cccc(OC(C)=O)c3)CC(NC(=O)OCc3ccccc3)CCC2(O)C1. The van der Waals surface area contributed by atoms with Crippen molar-refractivity contribution in [3.05, 3.63) is 78.4 Å². The van der Waals surface area contributed by atoms with Gasteiger partial charge in [0.15, 0.2) is 0 Å². The van der Waals surface area contributed by atoms with Gasteiger partial charge in [-0.3, -0.25) is 9.69 Å². The second-order valence-electron chi connectivity index (χ2n) is 9.65. The summed E-state index contributed by atoms with van der Waals surface area (Å²) < 4.78 is 10.8. The number of rotatable bonds is 7. The number of aliphatic hydroxyl groups is 1. The molecule has 7 nitrogen and oxygen atoms in total.